The molecule has 2 rings (SSSR count). The summed E-state index contributed by atoms with van der Waals surface area (Å²) in [6.45, 7) is 3.85. The predicted molar refractivity (Wildman–Crippen MR) is 88.7 cm³/mol. The zero-order valence-corrected chi connectivity index (χ0v) is 13.6. The molecule has 1 amide bonds. The Kier molecular flexibility index (Phi) is 5.71. The highest BCUT2D eigenvalue weighted by Gasteiger charge is 2.16. The van der Waals surface area contributed by atoms with Gasteiger partial charge in [0.2, 0.25) is 0 Å². The van der Waals surface area contributed by atoms with Gasteiger partial charge in [0.05, 0.1) is 12.5 Å². The summed E-state index contributed by atoms with van der Waals surface area (Å²) in [6.07, 6.45) is 1.55. The molecule has 1 atom stereocenters. The smallest absolute Gasteiger partial charge is 0.313 e. The van der Waals surface area contributed by atoms with Crippen molar-refractivity contribution in [2.24, 2.45) is 0 Å². The quantitative estimate of drug-likeness (QED) is 0.848. The van der Waals surface area contributed by atoms with Crippen LogP contribution in [0.25, 0.3) is 0 Å². The first-order chi connectivity index (χ1) is 11.0. The number of hydrogen-bond donors (Lipinski definition) is 1. The van der Waals surface area contributed by atoms with Crippen molar-refractivity contribution >= 4 is 29.3 Å². The van der Waals surface area contributed by atoms with Gasteiger partial charge in [-0.1, -0.05) is 17.7 Å². The van der Waals surface area contributed by atoms with Gasteiger partial charge in [0.1, 0.15) is 5.82 Å². The van der Waals surface area contributed by atoms with Crippen LogP contribution in [0.5, 0.6) is 0 Å². The lowest BCUT2D eigenvalue weighted by molar-refractivity contribution is -0.144. The fraction of sp³-hybridized carbons (Fsp3) is 0.235. The van der Waals surface area contributed by atoms with Gasteiger partial charge in [0, 0.05) is 16.8 Å². The average Bonchev–Trinajstić information content (AvgIpc) is 2.55. The van der Waals surface area contributed by atoms with E-state index in [0.29, 0.717) is 23.0 Å². The molecule has 0 saturated heterocycles. The number of nitrogens with zero attached hydrogens (tertiary/aromatic N) is 1. The Bertz CT molecular complexity index is 684. The lowest BCUT2D eigenvalue weighted by atomic mass is 10.0. The van der Waals surface area contributed by atoms with E-state index >= 15 is 0 Å². The minimum absolute atomic E-state index is 0.277. The molecule has 1 N–H and O–H groups in total. The number of aromatic nitrogens is 1. The van der Waals surface area contributed by atoms with Crippen molar-refractivity contribution in [2.75, 3.05) is 11.9 Å². The standard InChI is InChI=1S/C17H17ClN2O3/c1-3-23-17(22)11(2)13-6-9-15(19-10-13)20-16(21)12-4-7-14(18)8-5-12/h4-11H,3H2,1-2H3,(H,19,20,21). The van der Waals surface area contributed by atoms with E-state index in [4.69, 9.17) is 16.3 Å². The number of amides is 1. The van der Waals surface area contributed by atoms with Crippen molar-refractivity contribution in [1.82, 2.24) is 4.98 Å². The van der Waals surface area contributed by atoms with Gasteiger partial charge >= 0.3 is 5.97 Å². The van der Waals surface area contributed by atoms with Crippen molar-refractivity contribution in [3.05, 3.63) is 58.7 Å². The van der Waals surface area contributed by atoms with Crippen LogP contribution in [0.3, 0.4) is 0 Å². The van der Waals surface area contributed by atoms with Crippen molar-refractivity contribution in [1.29, 1.82) is 0 Å². The monoisotopic (exact) mass is 332 g/mol. The maximum Gasteiger partial charge on any atom is 0.313 e. The van der Waals surface area contributed by atoms with Gasteiger partial charge in [-0.2, -0.15) is 0 Å². The van der Waals surface area contributed by atoms with Gasteiger partial charge in [-0.15, -0.1) is 0 Å². The van der Waals surface area contributed by atoms with E-state index in [9.17, 15) is 9.59 Å². The molecular formula is C17H17ClN2O3. The maximum absolute atomic E-state index is 12.1. The minimum atomic E-state index is -0.400. The Morgan fingerprint density at radius 1 is 1.22 bits per heavy atom. The fourth-order valence-corrected chi connectivity index (χ4v) is 2.05. The Hall–Kier alpha value is -2.40. The number of benzene rings is 1. The summed E-state index contributed by atoms with van der Waals surface area (Å²) in [7, 11) is 0. The highest BCUT2D eigenvalue weighted by atomic mass is 35.5. The third-order valence-corrected chi connectivity index (χ3v) is 3.53. The van der Waals surface area contributed by atoms with Crippen LogP contribution in [0.2, 0.25) is 5.02 Å². The molecule has 2 aromatic rings. The Morgan fingerprint density at radius 3 is 2.48 bits per heavy atom. The number of ether oxygens (including phenoxy) is 1. The van der Waals surface area contributed by atoms with Gasteiger partial charge in [-0.3, -0.25) is 9.59 Å². The number of hydrogen-bond acceptors (Lipinski definition) is 4. The molecular weight excluding hydrogens is 316 g/mol. The summed E-state index contributed by atoms with van der Waals surface area (Å²) in [5.41, 5.74) is 1.22. The molecule has 1 aromatic heterocycles. The lowest BCUT2D eigenvalue weighted by Gasteiger charge is -2.11. The molecule has 120 valence electrons. The van der Waals surface area contributed by atoms with Crippen LogP contribution in [-0.4, -0.2) is 23.5 Å². The Balaban J connectivity index is 2.03. The summed E-state index contributed by atoms with van der Waals surface area (Å²) >= 11 is 5.79. The molecule has 0 fully saturated rings. The third kappa shape index (κ3) is 4.53. The molecule has 0 aliphatic rings. The molecule has 0 aliphatic heterocycles. The first kappa shape index (κ1) is 17.0. The number of carbonyl (C=O) groups excluding carboxylic acids is 2. The molecule has 1 unspecified atom stereocenters. The van der Waals surface area contributed by atoms with Crippen LogP contribution in [0, 0.1) is 0 Å². The second-order valence-corrected chi connectivity index (χ2v) is 5.35. The fourth-order valence-electron chi connectivity index (χ4n) is 1.93. The minimum Gasteiger partial charge on any atom is -0.466 e. The second-order valence-electron chi connectivity index (χ2n) is 4.91. The first-order valence-electron chi connectivity index (χ1n) is 7.20. The van der Waals surface area contributed by atoms with Crippen molar-refractivity contribution in [2.45, 2.75) is 19.8 Å². The number of nitrogens with one attached hydrogen (secondary N) is 1. The molecule has 1 heterocycles. The molecule has 1 aromatic carbocycles. The van der Waals surface area contributed by atoms with Crippen LogP contribution in [0.4, 0.5) is 5.82 Å². The SMILES string of the molecule is CCOC(=O)C(C)c1ccc(NC(=O)c2ccc(Cl)cc2)nc1. The van der Waals surface area contributed by atoms with Gasteiger partial charge in [0.15, 0.2) is 0 Å². The van der Waals surface area contributed by atoms with Gasteiger partial charge < -0.3 is 10.1 Å². The van der Waals surface area contributed by atoms with Crippen LogP contribution in [-0.2, 0) is 9.53 Å². The van der Waals surface area contributed by atoms with Crippen LogP contribution in [0.15, 0.2) is 42.6 Å². The van der Waals surface area contributed by atoms with E-state index in [-0.39, 0.29) is 11.9 Å². The van der Waals surface area contributed by atoms with E-state index in [1.165, 1.54) is 0 Å². The van der Waals surface area contributed by atoms with Crippen molar-refractivity contribution < 1.29 is 14.3 Å². The molecule has 0 radical (unpaired) electrons. The van der Waals surface area contributed by atoms with E-state index in [2.05, 4.69) is 10.3 Å². The number of anilines is 1. The Morgan fingerprint density at radius 2 is 1.91 bits per heavy atom. The Labute approximate surface area is 139 Å². The van der Waals surface area contributed by atoms with Gasteiger partial charge in [-0.05, 0) is 49.7 Å². The summed E-state index contributed by atoms with van der Waals surface area (Å²) in [6, 6.07) is 9.96. The normalized spacial score (nSPS) is 11.6. The van der Waals surface area contributed by atoms with E-state index in [0.717, 1.165) is 5.56 Å². The zero-order chi connectivity index (χ0) is 16.8. The zero-order valence-electron chi connectivity index (χ0n) is 12.9. The van der Waals surface area contributed by atoms with Crippen LogP contribution < -0.4 is 5.32 Å². The number of esters is 1. The average molecular weight is 333 g/mol. The molecule has 0 aliphatic carbocycles. The molecule has 0 bridgehead atoms. The maximum atomic E-state index is 12.1. The summed E-state index contributed by atoms with van der Waals surface area (Å²) < 4.78 is 4.97. The second kappa shape index (κ2) is 7.74. The first-order valence-corrected chi connectivity index (χ1v) is 7.58. The third-order valence-electron chi connectivity index (χ3n) is 3.27. The van der Waals surface area contributed by atoms with Crippen molar-refractivity contribution in [3.8, 4) is 0 Å². The van der Waals surface area contributed by atoms with E-state index < -0.39 is 5.92 Å². The van der Waals surface area contributed by atoms with Crippen molar-refractivity contribution in [3.63, 3.8) is 0 Å². The highest BCUT2D eigenvalue weighted by molar-refractivity contribution is 6.30. The lowest BCUT2D eigenvalue weighted by Crippen LogP contribution is -2.15. The molecule has 0 spiro atoms. The van der Waals surface area contributed by atoms with Gasteiger partial charge in [-0.25, -0.2) is 4.98 Å². The number of carbonyl (C=O) groups is 2. The number of halogens is 1. The molecule has 0 saturated carbocycles. The molecule has 5 nitrogen and oxygen atoms in total. The van der Waals surface area contributed by atoms with Crippen LogP contribution >= 0.6 is 11.6 Å². The van der Waals surface area contributed by atoms with Crippen LogP contribution in [0.1, 0.15) is 35.7 Å². The largest absolute Gasteiger partial charge is 0.466 e. The van der Waals surface area contributed by atoms with E-state index in [1.807, 2.05) is 0 Å². The summed E-state index contributed by atoms with van der Waals surface area (Å²) in [5.74, 6) is -0.569. The molecule has 6 heteroatoms. The van der Waals surface area contributed by atoms with Gasteiger partial charge in [0.25, 0.3) is 5.91 Å². The molecule has 23 heavy (non-hydrogen) atoms. The number of pyridine rings is 1. The summed E-state index contributed by atoms with van der Waals surface area (Å²) in [5, 5.41) is 3.26. The highest BCUT2D eigenvalue weighted by Crippen LogP contribution is 2.18. The predicted octanol–water partition coefficient (Wildman–Crippen LogP) is 3.65. The number of rotatable bonds is 5. The van der Waals surface area contributed by atoms with E-state index in [1.54, 1.807) is 56.4 Å². The topological polar surface area (TPSA) is 68.3 Å². The summed E-state index contributed by atoms with van der Waals surface area (Å²) in [4.78, 5) is 27.9.